The predicted octanol–water partition coefficient (Wildman–Crippen LogP) is -0.733. The van der Waals surface area contributed by atoms with Gasteiger partial charge in [0, 0.05) is 26.2 Å². The minimum atomic E-state index is -1.47. The number of carbonyl (C=O) groups excluding carboxylic acids is 6. The molecule has 6 amide bonds. The molecule has 4 atom stereocenters. The van der Waals surface area contributed by atoms with Crippen molar-refractivity contribution in [1.82, 2.24) is 26.6 Å². The first-order chi connectivity index (χ1) is 22.5. The monoisotopic (exact) mass is 644 g/mol. The Morgan fingerprint density at radius 3 is 1.40 bits per heavy atom. The fourth-order valence-corrected chi connectivity index (χ4v) is 4.71. The molecular formula is C34H40N6O7. The van der Waals surface area contributed by atoms with Crippen molar-refractivity contribution in [2.75, 3.05) is 13.2 Å². The quantitative estimate of drug-likeness (QED) is 0.100. The molecule has 0 fully saturated rings. The van der Waals surface area contributed by atoms with Gasteiger partial charge in [0.25, 0.3) is 0 Å². The van der Waals surface area contributed by atoms with Crippen molar-refractivity contribution in [3.05, 3.63) is 108 Å². The van der Waals surface area contributed by atoms with E-state index in [4.69, 9.17) is 5.73 Å². The average Bonchev–Trinajstić information content (AvgIpc) is 3.06. The summed E-state index contributed by atoms with van der Waals surface area (Å²) in [5, 5.41) is 22.5. The summed E-state index contributed by atoms with van der Waals surface area (Å²) in [6, 6.07) is 21.9. The van der Waals surface area contributed by atoms with Crippen LogP contribution in [0.5, 0.6) is 0 Å². The second-order valence-corrected chi connectivity index (χ2v) is 10.9. The van der Waals surface area contributed by atoms with Crippen molar-refractivity contribution in [3.63, 3.8) is 0 Å². The Labute approximate surface area is 272 Å². The Balaban J connectivity index is 1.66. The molecule has 0 saturated carbocycles. The van der Waals surface area contributed by atoms with Gasteiger partial charge in [0.1, 0.15) is 24.2 Å². The van der Waals surface area contributed by atoms with Gasteiger partial charge in [0.15, 0.2) is 0 Å². The molecule has 0 saturated heterocycles. The fraction of sp³-hybridized carbons (Fsp3) is 0.294. The number of aliphatic hydroxyl groups excluding tert-OH is 1. The smallest absolute Gasteiger partial charge is 0.245 e. The zero-order valence-electron chi connectivity index (χ0n) is 26.0. The van der Waals surface area contributed by atoms with Gasteiger partial charge in [-0.05, 0) is 16.7 Å². The topological polar surface area (TPSA) is 209 Å². The van der Waals surface area contributed by atoms with Crippen LogP contribution in [0.4, 0.5) is 0 Å². The summed E-state index contributed by atoms with van der Waals surface area (Å²) in [4.78, 5) is 76.1. The summed E-state index contributed by atoms with van der Waals surface area (Å²) in [5.41, 5.74) is 7.72. The molecule has 13 heteroatoms. The Morgan fingerprint density at radius 1 is 0.574 bits per heavy atom. The van der Waals surface area contributed by atoms with Crippen LogP contribution in [0.3, 0.4) is 0 Å². The number of hydrogen-bond acceptors (Lipinski definition) is 7. The lowest BCUT2D eigenvalue weighted by Gasteiger charge is -2.24. The molecular weight excluding hydrogens is 604 g/mol. The third kappa shape index (κ3) is 12.4. The van der Waals surface area contributed by atoms with Gasteiger partial charge in [-0.15, -0.1) is 0 Å². The number of primary amides is 1. The number of benzene rings is 3. The van der Waals surface area contributed by atoms with Gasteiger partial charge in [-0.25, -0.2) is 0 Å². The number of hydrogen-bond donors (Lipinski definition) is 7. The molecule has 0 aromatic heterocycles. The highest BCUT2D eigenvalue weighted by molar-refractivity contribution is 5.95. The van der Waals surface area contributed by atoms with E-state index in [2.05, 4.69) is 26.6 Å². The molecule has 0 radical (unpaired) electrons. The highest BCUT2D eigenvalue weighted by Gasteiger charge is 2.29. The number of amides is 6. The molecule has 0 heterocycles. The Kier molecular flexibility index (Phi) is 14.1. The Bertz CT molecular complexity index is 1510. The molecule has 0 spiro atoms. The van der Waals surface area contributed by atoms with Gasteiger partial charge >= 0.3 is 0 Å². The molecule has 0 aliphatic heterocycles. The summed E-state index contributed by atoms with van der Waals surface area (Å²) in [6.45, 7) is -0.0314. The van der Waals surface area contributed by atoms with Crippen LogP contribution >= 0.6 is 0 Å². The predicted molar refractivity (Wildman–Crippen MR) is 173 cm³/mol. The van der Waals surface area contributed by atoms with E-state index in [0.717, 1.165) is 11.1 Å². The van der Waals surface area contributed by atoms with E-state index >= 15 is 0 Å². The van der Waals surface area contributed by atoms with Gasteiger partial charge in [0.2, 0.25) is 35.4 Å². The van der Waals surface area contributed by atoms with Crippen molar-refractivity contribution in [2.45, 2.75) is 50.4 Å². The number of nitrogens with two attached hydrogens (primary N) is 1. The first-order valence-corrected chi connectivity index (χ1v) is 15.0. The van der Waals surface area contributed by atoms with Crippen LogP contribution in [0.15, 0.2) is 91.0 Å². The molecule has 13 nitrogen and oxygen atoms in total. The normalized spacial score (nSPS) is 13.1. The minimum Gasteiger partial charge on any atom is -0.394 e. The Morgan fingerprint density at radius 2 is 0.979 bits per heavy atom. The molecule has 0 bridgehead atoms. The van der Waals surface area contributed by atoms with Gasteiger partial charge in [0.05, 0.1) is 13.2 Å². The molecule has 8 N–H and O–H groups in total. The lowest BCUT2D eigenvalue weighted by atomic mass is 10.0. The zero-order valence-corrected chi connectivity index (χ0v) is 26.0. The maximum absolute atomic E-state index is 13.4. The maximum atomic E-state index is 13.4. The summed E-state index contributed by atoms with van der Waals surface area (Å²) in [6.07, 6.45) is 0.312. The number of rotatable bonds is 17. The van der Waals surface area contributed by atoms with E-state index in [9.17, 15) is 33.9 Å². The van der Waals surface area contributed by atoms with Crippen LogP contribution in [0, 0.1) is 0 Å². The molecule has 248 valence electrons. The third-order valence-electron chi connectivity index (χ3n) is 7.09. The lowest BCUT2D eigenvalue weighted by molar-refractivity contribution is -0.134. The third-order valence-corrected chi connectivity index (χ3v) is 7.09. The van der Waals surface area contributed by atoms with Crippen LogP contribution in [-0.4, -0.2) is 77.9 Å². The van der Waals surface area contributed by atoms with Crippen LogP contribution < -0.4 is 32.3 Å². The van der Waals surface area contributed by atoms with Crippen molar-refractivity contribution >= 4 is 35.4 Å². The number of nitrogens with one attached hydrogen (secondary N) is 5. The van der Waals surface area contributed by atoms with Gasteiger partial charge < -0.3 is 37.4 Å². The van der Waals surface area contributed by atoms with Crippen molar-refractivity contribution in [3.8, 4) is 0 Å². The largest absolute Gasteiger partial charge is 0.394 e. The van der Waals surface area contributed by atoms with E-state index < -0.39 is 72.8 Å². The lowest BCUT2D eigenvalue weighted by Crippen LogP contribution is -2.58. The fourth-order valence-electron chi connectivity index (χ4n) is 4.71. The standard InChI is InChI=1S/C34H40N6O7/c1-22(42)37-27(18-24-13-7-3-8-14-24)32(45)36-20-30(43)38-28(19-25-15-9-4-10-16-25)33(46)40-29(21-41)34(47)39-26(31(35)44)17-23-11-5-2-6-12-23/h2-16,26-29,41H,17-21H2,1H3,(H2,35,44)(H,36,45)(H,37,42)(H,38,43)(H,39,47)(H,40,46)/t26?,27?,28?,29-/m0/s1. The van der Waals surface area contributed by atoms with Crippen LogP contribution in [0.2, 0.25) is 0 Å². The van der Waals surface area contributed by atoms with Crippen molar-refractivity contribution in [1.29, 1.82) is 0 Å². The summed E-state index contributed by atoms with van der Waals surface area (Å²) < 4.78 is 0. The number of carbonyl (C=O) groups is 6. The molecule has 3 aromatic rings. The number of aliphatic hydroxyl groups is 1. The van der Waals surface area contributed by atoms with Gasteiger partial charge in [-0.3, -0.25) is 28.8 Å². The van der Waals surface area contributed by atoms with Crippen LogP contribution in [0.25, 0.3) is 0 Å². The summed E-state index contributed by atoms with van der Waals surface area (Å²) in [7, 11) is 0. The SMILES string of the molecule is CC(=O)NC(Cc1ccccc1)C(=O)NCC(=O)NC(Cc1ccccc1)C(=O)N[C@@H](CO)C(=O)NC(Cc1ccccc1)C(N)=O. The van der Waals surface area contributed by atoms with E-state index in [0.29, 0.717) is 5.56 Å². The van der Waals surface area contributed by atoms with Crippen molar-refractivity contribution in [2.24, 2.45) is 5.73 Å². The van der Waals surface area contributed by atoms with Gasteiger partial charge in [-0.1, -0.05) is 91.0 Å². The first-order valence-electron chi connectivity index (χ1n) is 15.0. The Hall–Kier alpha value is -5.56. The second kappa shape index (κ2) is 18.4. The van der Waals surface area contributed by atoms with Crippen LogP contribution in [-0.2, 0) is 48.0 Å². The summed E-state index contributed by atoms with van der Waals surface area (Å²) >= 11 is 0. The minimum absolute atomic E-state index is 0.0204. The van der Waals surface area contributed by atoms with Crippen molar-refractivity contribution < 1.29 is 33.9 Å². The molecule has 0 aliphatic carbocycles. The van der Waals surface area contributed by atoms with E-state index in [1.807, 2.05) is 6.07 Å². The highest BCUT2D eigenvalue weighted by atomic mass is 16.3. The first kappa shape index (κ1) is 35.9. The van der Waals surface area contributed by atoms with Crippen LogP contribution in [0.1, 0.15) is 23.6 Å². The molecule has 3 rings (SSSR count). The molecule has 3 unspecified atom stereocenters. The van der Waals surface area contributed by atoms with E-state index in [1.165, 1.54) is 6.92 Å². The molecule has 47 heavy (non-hydrogen) atoms. The summed E-state index contributed by atoms with van der Waals surface area (Å²) in [5.74, 6) is -4.17. The molecule has 0 aliphatic rings. The zero-order chi connectivity index (χ0) is 34.2. The highest BCUT2D eigenvalue weighted by Crippen LogP contribution is 2.07. The maximum Gasteiger partial charge on any atom is 0.245 e. The van der Waals surface area contributed by atoms with Gasteiger partial charge in [-0.2, -0.15) is 0 Å². The second-order valence-electron chi connectivity index (χ2n) is 10.9. The average molecular weight is 645 g/mol. The van der Waals surface area contributed by atoms with E-state index in [-0.39, 0.29) is 19.3 Å². The van der Waals surface area contributed by atoms with E-state index in [1.54, 1.807) is 84.9 Å². The molecule has 3 aromatic carbocycles.